The van der Waals surface area contributed by atoms with Crippen molar-refractivity contribution in [1.82, 2.24) is 19.5 Å². The highest BCUT2D eigenvalue weighted by atomic mass is 28.3. The first-order chi connectivity index (χ1) is 18.6. The monoisotopic (exact) mass is 545 g/mol. The Labute approximate surface area is 229 Å². The van der Waals surface area contributed by atoms with Gasteiger partial charge in [0, 0.05) is 74.9 Å². The van der Waals surface area contributed by atoms with Crippen molar-refractivity contribution in [2.24, 2.45) is 0 Å². The second-order valence-corrected chi connectivity index (χ2v) is 16.2. The standard InChI is InChI=1S/C29H35N5O4Si/c1-7-23(36)22-11-13-31-27-26(21-8-9-25(37-3)32-17-21)28(20-10-12-30-24(16-20)33-19(2)35)34(29(22)27)18-38-14-15-39(4,5)6/h8-13,16-17H,7,14-15,18H2,1-6H3,(H,30,33,35). The Bertz CT molecular complexity index is 1490. The maximum Gasteiger partial charge on any atom is 0.222 e. The molecule has 4 aromatic heterocycles. The number of hydrogen-bond acceptors (Lipinski definition) is 7. The maximum atomic E-state index is 13.1. The van der Waals surface area contributed by atoms with Crippen LogP contribution in [0.15, 0.2) is 48.9 Å². The van der Waals surface area contributed by atoms with Gasteiger partial charge in [-0.25, -0.2) is 9.97 Å². The minimum absolute atomic E-state index is 0.0165. The summed E-state index contributed by atoms with van der Waals surface area (Å²) < 4.78 is 13.5. The Hall–Kier alpha value is -3.89. The van der Waals surface area contributed by atoms with Gasteiger partial charge >= 0.3 is 0 Å². The topological polar surface area (TPSA) is 108 Å². The zero-order valence-electron chi connectivity index (χ0n) is 23.4. The van der Waals surface area contributed by atoms with Gasteiger partial charge in [0.05, 0.1) is 23.8 Å². The number of anilines is 1. The minimum Gasteiger partial charge on any atom is -0.481 e. The van der Waals surface area contributed by atoms with Gasteiger partial charge in [-0.2, -0.15) is 0 Å². The summed E-state index contributed by atoms with van der Waals surface area (Å²) in [5, 5.41) is 2.77. The summed E-state index contributed by atoms with van der Waals surface area (Å²) in [4.78, 5) is 38.4. The largest absolute Gasteiger partial charge is 0.481 e. The molecular formula is C29H35N5O4Si. The number of methoxy groups -OCH3 is 1. The van der Waals surface area contributed by atoms with E-state index in [-0.39, 0.29) is 18.4 Å². The summed E-state index contributed by atoms with van der Waals surface area (Å²) >= 11 is 0. The average Bonchev–Trinajstić information content (AvgIpc) is 3.24. The Morgan fingerprint density at radius 2 is 1.79 bits per heavy atom. The van der Waals surface area contributed by atoms with E-state index in [0.717, 1.165) is 28.4 Å². The van der Waals surface area contributed by atoms with E-state index in [1.54, 1.807) is 37.8 Å². The first-order valence-corrected chi connectivity index (χ1v) is 16.7. The summed E-state index contributed by atoms with van der Waals surface area (Å²) in [5.74, 6) is 0.716. The Balaban J connectivity index is 2.01. The lowest BCUT2D eigenvalue weighted by atomic mass is 10.0. The zero-order valence-corrected chi connectivity index (χ0v) is 24.4. The number of pyridine rings is 3. The van der Waals surface area contributed by atoms with Gasteiger partial charge in [-0.3, -0.25) is 14.6 Å². The number of ketones is 1. The van der Waals surface area contributed by atoms with Crippen LogP contribution >= 0.6 is 0 Å². The van der Waals surface area contributed by atoms with Crippen molar-refractivity contribution in [2.45, 2.75) is 52.7 Å². The molecule has 0 aliphatic heterocycles. The third-order valence-corrected chi connectivity index (χ3v) is 8.05. The summed E-state index contributed by atoms with van der Waals surface area (Å²) in [6.07, 6.45) is 5.41. The van der Waals surface area contributed by atoms with Crippen LogP contribution in [0, 0.1) is 0 Å². The highest BCUT2D eigenvalue weighted by molar-refractivity contribution is 6.76. The Morgan fingerprint density at radius 3 is 2.44 bits per heavy atom. The molecule has 39 heavy (non-hydrogen) atoms. The Kier molecular flexibility index (Phi) is 8.56. The minimum atomic E-state index is -1.31. The molecule has 0 unspecified atom stereocenters. The van der Waals surface area contributed by atoms with Crippen molar-refractivity contribution >= 4 is 36.6 Å². The molecule has 4 aromatic rings. The molecule has 0 saturated carbocycles. The molecule has 0 aliphatic rings. The van der Waals surface area contributed by atoms with Gasteiger partial charge in [-0.05, 0) is 30.3 Å². The predicted molar refractivity (Wildman–Crippen MR) is 156 cm³/mol. The van der Waals surface area contributed by atoms with Crippen LogP contribution in [0.3, 0.4) is 0 Å². The number of nitrogens with one attached hydrogen (secondary N) is 1. The van der Waals surface area contributed by atoms with Crippen LogP contribution in [0.25, 0.3) is 33.4 Å². The fraction of sp³-hybridized carbons (Fsp3) is 0.345. The molecule has 1 amide bonds. The second-order valence-electron chi connectivity index (χ2n) is 10.5. The van der Waals surface area contributed by atoms with Crippen LogP contribution in [0.2, 0.25) is 25.7 Å². The van der Waals surface area contributed by atoms with Crippen LogP contribution in [-0.4, -0.2) is 53.0 Å². The SMILES string of the molecule is CCC(=O)c1ccnc2c(-c3ccc(OC)nc3)c(-c3ccnc(NC(C)=O)c3)n(COCC[Si](C)(C)C)c12. The lowest BCUT2D eigenvalue weighted by Gasteiger charge is -2.18. The number of aromatic nitrogens is 4. The zero-order chi connectivity index (χ0) is 28.2. The highest BCUT2D eigenvalue weighted by Gasteiger charge is 2.26. The highest BCUT2D eigenvalue weighted by Crippen LogP contribution is 2.42. The predicted octanol–water partition coefficient (Wildman–Crippen LogP) is 6.03. The molecule has 4 heterocycles. The molecule has 0 spiro atoms. The van der Waals surface area contributed by atoms with Gasteiger partial charge < -0.3 is 19.4 Å². The van der Waals surface area contributed by atoms with E-state index >= 15 is 0 Å². The first-order valence-electron chi connectivity index (χ1n) is 13.0. The number of nitrogens with zero attached hydrogens (tertiary/aromatic N) is 4. The number of carbonyl (C=O) groups excluding carboxylic acids is 2. The van der Waals surface area contributed by atoms with Crippen LogP contribution in [0.1, 0.15) is 30.6 Å². The lowest BCUT2D eigenvalue weighted by molar-refractivity contribution is -0.114. The number of carbonyl (C=O) groups is 2. The van der Waals surface area contributed by atoms with Gasteiger partial charge in [0.25, 0.3) is 0 Å². The van der Waals surface area contributed by atoms with Crippen LogP contribution in [0.4, 0.5) is 5.82 Å². The van der Waals surface area contributed by atoms with Crippen LogP contribution in [0.5, 0.6) is 5.88 Å². The number of ether oxygens (including phenoxy) is 2. The summed E-state index contributed by atoms with van der Waals surface area (Å²) in [6, 6.07) is 10.2. The fourth-order valence-electron chi connectivity index (χ4n) is 4.40. The number of Topliss-reactive ketones (excluding diaryl/α,β-unsaturated/α-hetero) is 1. The third-order valence-electron chi connectivity index (χ3n) is 6.35. The number of rotatable bonds is 11. The van der Waals surface area contributed by atoms with Gasteiger partial charge in [0.1, 0.15) is 12.5 Å². The van der Waals surface area contributed by atoms with Gasteiger partial charge in [-0.1, -0.05) is 26.6 Å². The van der Waals surface area contributed by atoms with E-state index in [9.17, 15) is 9.59 Å². The maximum absolute atomic E-state index is 13.1. The smallest absolute Gasteiger partial charge is 0.222 e. The van der Waals surface area contributed by atoms with Crippen molar-refractivity contribution in [1.29, 1.82) is 0 Å². The molecule has 1 N–H and O–H groups in total. The first kappa shape index (κ1) is 28.1. The number of hydrogen-bond donors (Lipinski definition) is 1. The summed E-state index contributed by atoms with van der Waals surface area (Å²) in [6.45, 7) is 11.1. The van der Waals surface area contributed by atoms with E-state index in [0.29, 0.717) is 41.3 Å². The van der Waals surface area contributed by atoms with Gasteiger partial charge in [0.2, 0.25) is 11.8 Å². The van der Waals surface area contributed by atoms with Crippen molar-refractivity contribution in [2.75, 3.05) is 19.0 Å². The van der Waals surface area contributed by atoms with Gasteiger partial charge in [-0.15, -0.1) is 0 Å². The average molecular weight is 546 g/mol. The van der Waals surface area contributed by atoms with E-state index in [2.05, 4.69) is 34.9 Å². The molecule has 0 atom stereocenters. The van der Waals surface area contributed by atoms with E-state index in [1.165, 1.54) is 6.92 Å². The van der Waals surface area contributed by atoms with E-state index in [1.807, 2.05) is 29.7 Å². The molecule has 0 aliphatic carbocycles. The molecular weight excluding hydrogens is 510 g/mol. The molecule has 0 fully saturated rings. The van der Waals surface area contributed by atoms with Crippen molar-refractivity contribution < 1.29 is 19.1 Å². The van der Waals surface area contributed by atoms with Gasteiger partial charge in [0.15, 0.2) is 5.78 Å². The van der Waals surface area contributed by atoms with Crippen molar-refractivity contribution in [3.8, 4) is 28.3 Å². The fourth-order valence-corrected chi connectivity index (χ4v) is 5.15. The Morgan fingerprint density at radius 1 is 1.03 bits per heavy atom. The normalized spacial score (nSPS) is 11.5. The van der Waals surface area contributed by atoms with Crippen molar-refractivity contribution in [3.05, 3.63) is 54.5 Å². The van der Waals surface area contributed by atoms with E-state index in [4.69, 9.17) is 14.5 Å². The molecule has 9 nitrogen and oxygen atoms in total. The molecule has 0 aromatic carbocycles. The number of amides is 1. The molecule has 0 radical (unpaired) electrons. The second kappa shape index (κ2) is 11.9. The third kappa shape index (κ3) is 6.40. The molecule has 10 heteroatoms. The quantitative estimate of drug-likeness (QED) is 0.139. The molecule has 4 rings (SSSR count). The van der Waals surface area contributed by atoms with Crippen molar-refractivity contribution in [3.63, 3.8) is 0 Å². The summed E-state index contributed by atoms with van der Waals surface area (Å²) in [5.41, 5.74) is 5.16. The van der Waals surface area contributed by atoms with Crippen LogP contribution < -0.4 is 10.1 Å². The molecule has 0 saturated heterocycles. The number of fused-ring (bicyclic) bond motifs is 1. The summed E-state index contributed by atoms with van der Waals surface area (Å²) in [7, 11) is 0.261. The molecule has 0 bridgehead atoms. The van der Waals surface area contributed by atoms with E-state index < -0.39 is 8.07 Å². The molecule has 204 valence electrons. The van der Waals surface area contributed by atoms with Crippen LogP contribution in [-0.2, 0) is 16.3 Å². The lowest BCUT2D eigenvalue weighted by Crippen LogP contribution is -2.22.